The molecule has 14 heteroatoms. The van der Waals surface area contributed by atoms with Crippen molar-refractivity contribution in [2.75, 3.05) is 19.5 Å². The molecule has 1 aromatic rings. The summed E-state index contributed by atoms with van der Waals surface area (Å²) in [5.41, 5.74) is -7.52. The van der Waals surface area contributed by atoms with Crippen LogP contribution in [0.15, 0.2) is 23.9 Å². The third kappa shape index (κ3) is 5.54. The van der Waals surface area contributed by atoms with Crippen LogP contribution >= 0.6 is 0 Å². The van der Waals surface area contributed by atoms with Crippen molar-refractivity contribution < 1.29 is 53.6 Å². The molecule has 0 amide bonds. The molecule has 8 nitrogen and oxygen atoms in total. The van der Waals surface area contributed by atoms with E-state index in [1.807, 2.05) is 5.32 Å². The largest absolute Gasteiger partial charge is 0.534 e. The number of hydrogen-bond donors (Lipinski definition) is 1. The smallest absolute Gasteiger partial charge is 0.466 e. The van der Waals surface area contributed by atoms with E-state index in [0.717, 1.165) is 14.2 Å². The molecule has 0 atom stereocenters. The number of esters is 2. The number of benzene rings is 1. The number of halogens is 5. The molecule has 0 spiro atoms. The van der Waals surface area contributed by atoms with Gasteiger partial charge in [-0.1, -0.05) is 0 Å². The van der Waals surface area contributed by atoms with E-state index in [4.69, 9.17) is 0 Å². The van der Waals surface area contributed by atoms with Crippen molar-refractivity contribution in [3.05, 3.63) is 35.5 Å². The fourth-order valence-electron chi connectivity index (χ4n) is 1.43. The molecule has 0 saturated carbocycles. The Bertz CT molecular complexity index is 880. The Balaban J connectivity index is 3.35. The van der Waals surface area contributed by atoms with Crippen molar-refractivity contribution in [2.45, 2.75) is 5.51 Å². The Kier molecular flexibility index (Phi) is 6.72. The lowest BCUT2D eigenvalue weighted by atomic mass is 10.2. The summed E-state index contributed by atoms with van der Waals surface area (Å²) in [6.45, 7) is 0. The Morgan fingerprint density at radius 1 is 1.07 bits per heavy atom. The van der Waals surface area contributed by atoms with Gasteiger partial charge >= 0.3 is 27.6 Å². The molecule has 1 N–H and O–H groups in total. The quantitative estimate of drug-likeness (QED) is 0.245. The zero-order valence-corrected chi connectivity index (χ0v) is 14.2. The highest BCUT2D eigenvalue weighted by atomic mass is 32.2. The van der Waals surface area contributed by atoms with E-state index in [9.17, 15) is 40.0 Å². The molecule has 150 valence electrons. The molecule has 0 aliphatic carbocycles. The number of alkyl halides is 3. The van der Waals surface area contributed by atoms with Gasteiger partial charge in [0, 0.05) is 12.1 Å². The summed E-state index contributed by atoms with van der Waals surface area (Å²) >= 11 is 0. The molecule has 27 heavy (non-hydrogen) atoms. The van der Waals surface area contributed by atoms with Crippen molar-refractivity contribution >= 4 is 27.7 Å². The molecule has 0 fully saturated rings. The second-order valence-corrected chi connectivity index (χ2v) is 5.98. The number of rotatable bonds is 6. The minimum absolute atomic E-state index is 0.00337. The maximum atomic E-state index is 13.8. The van der Waals surface area contributed by atoms with E-state index >= 15 is 0 Å². The maximum Gasteiger partial charge on any atom is 0.534 e. The molecule has 0 aliphatic heterocycles. The van der Waals surface area contributed by atoms with Crippen LogP contribution < -0.4 is 9.50 Å². The van der Waals surface area contributed by atoms with Crippen LogP contribution in [0.25, 0.3) is 0 Å². The predicted octanol–water partition coefficient (Wildman–Crippen LogP) is 1.83. The van der Waals surface area contributed by atoms with Crippen LogP contribution in [0.4, 0.5) is 27.6 Å². The molecule has 0 unspecified atom stereocenters. The first kappa shape index (κ1) is 22.1. The minimum Gasteiger partial charge on any atom is -0.466 e. The highest BCUT2D eigenvalue weighted by Gasteiger charge is 2.49. The summed E-state index contributed by atoms with van der Waals surface area (Å²) in [5, 5.41) is 1.94. The van der Waals surface area contributed by atoms with E-state index < -0.39 is 56.3 Å². The summed E-state index contributed by atoms with van der Waals surface area (Å²) < 4.78 is 98.4. The van der Waals surface area contributed by atoms with Gasteiger partial charge in [0.15, 0.2) is 11.6 Å². The normalized spacial score (nSPS) is 12.3. The number of anilines is 1. The number of ether oxygens (including phenoxy) is 2. The fraction of sp³-hybridized carbons (Fsp3) is 0.231. The maximum absolute atomic E-state index is 13.8. The molecule has 0 aromatic heterocycles. The van der Waals surface area contributed by atoms with Crippen molar-refractivity contribution in [3.8, 4) is 5.75 Å². The summed E-state index contributed by atoms with van der Waals surface area (Å²) in [5.74, 6) is -7.07. The molecular formula is C13H10F5NO7S. The molecular weight excluding hydrogens is 409 g/mol. The van der Waals surface area contributed by atoms with Crippen LogP contribution in [0, 0.1) is 11.6 Å². The Morgan fingerprint density at radius 3 is 2.15 bits per heavy atom. The number of carbonyl (C=O) groups excluding carboxylic acids is 2. The molecule has 0 radical (unpaired) electrons. The highest BCUT2D eigenvalue weighted by Crippen LogP contribution is 2.31. The van der Waals surface area contributed by atoms with Gasteiger partial charge in [0.2, 0.25) is 0 Å². The van der Waals surface area contributed by atoms with Gasteiger partial charge in [-0.25, -0.2) is 18.4 Å². The molecule has 1 aromatic carbocycles. The summed E-state index contributed by atoms with van der Waals surface area (Å²) in [4.78, 5) is 22.8. The van der Waals surface area contributed by atoms with Crippen LogP contribution in [0.2, 0.25) is 0 Å². The van der Waals surface area contributed by atoms with Gasteiger partial charge in [-0.05, 0) is 0 Å². The zero-order valence-electron chi connectivity index (χ0n) is 13.4. The van der Waals surface area contributed by atoms with Crippen molar-refractivity contribution in [2.24, 2.45) is 0 Å². The van der Waals surface area contributed by atoms with Crippen LogP contribution in [0.3, 0.4) is 0 Å². The average molecular weight is 419 g/mol. The average Bonchev–Trinajstić information content (AvgIpc) is 2.56. The molecule has 0 aliphatic rings. The van der Waals surface area contributed by atoms with Crippen LogP contribution in [0.5, 0.6) is 5.75 Å². The zero-order chi connectivity index (χ0) is 21.0. The summed E-state index contributed by atoms with van der Waals surface area (Å²) in [7, 11) is -4.41. The second kappa shape index (κ2) is 8.20. The van der Waals surface area contributed by atoms with Gasteiger partial charge in [0.1, 0.15) is 11.5 Å². The topological polar surface area (TPSA) is 108 Å². The molecule has 0 saturated heterocycles. The summed E-state index contributed by atoms with van der Waals surface area (Å²) in [6, 6.07) is 0.193. The van der Waals surface area contributed by atoms with Crippen molar-refractivity contribution in [1.82, 2.24) is 0 Å². The van der Waals surface area contributed by atoms with Gasteiger partial charge in [-0.3, -0.25) is 0 Å². The standard InChI is InChI=1S/C13H10F5NO7S/c1-24-11(20)5-9(12(21)25-2)19-8-4-10(7(15)3-6(8)14)26-27(22,23)13(16,17)18/h3-5,19H,1-2H3/b9-5+. The summed E-state index contributed by atoms with van der Waals surface area (Å²) in [6.07, 6.45) is 0.502. The van der Waals surface area contributed by atoms with Crippen molar-refractivity contribution in [1.29, 1.82) is 0 Å². The van der Waals surface area contributed by atoms with Gasteiger partial charge in [-0.2, -0.15) is 21.6 Å². The number of methoxy groups -OCH3 is 2. The minimum atomic E-state index is -6.25. The van der Waals surface area contributed by atoms with Crippen molar-refractivity contribution in [3.63, 3.8) is 0 Å². The third-order valence-corrected chi connectivity index (χ3v) is 3.61. The Hall–Kier alpha value is -2.90. The lowest BCUT2D eigenvalue weighted by Crippen LogP contribution is -2.28. The molecule has 1 rings (SSSR count). The lowest BCUT2D eigenvalue weighted by Gasteiger charge is -2.13. The predicted molar refractivity (Wildman–Crippen MR) is 77.7 cm³/mol. The lowest BCUT2D eigenvalue weighted by molar-refractivity contribution is -0.138. The Morgan fingerprint density at radius 2 is 1.67 bits per heavy atom. The number of carbonyl (C=O) groups is 2. The van der Waals surface area contributed by atoms with E-state index in [1.54, 1.807) is 0 Å². The third-order valence-electron chi connectivity index (χ3n) is 2.64. The monoisotopic (exact) mass is 419 g/mol. The van der Waals surface area contributed by atoms with Crippen LogP contribution in [-0.2, 0) is 29.2 Å². The van der Waals surface area contributed by atoms with Gasteiger partial charge in [-0.15, -0.1) is 0 Å². The second-order valence-electron chi connectivity index (χ2n) is 4.44. The SMILES string of the molecule is COC(=O)/C=C(/Nc1cc(OS(=O)(=O)C(F)(F)F)c(F)cc1F)C(=O)OC. The van der Waals surface area contributed by atoms with Gasteiger partial charge < -0.3 is 19.0 Å². The fourth-order valence-corrected chi connectivity index (χ4v) is 1.89. The first-order valence-corrected chi connectivity index (χ1v) is 7.88. The van der Waals surface area contributed by atoms with Crippen LogP contribution in [0.1, 0.15) is 0 Å². The van der Waals surface area contributed by atoms with Gasteiger partial charge in [0.05, 0.1) is 26.0 Å². The first-order valence-electron chi connectivity index (χ1n) is 6.47. The first-order chi connectivity index (χ1) is 12.3. The molecule has 0 bridgehead atoms. The Labute approximate surface area is 148 Å². The van der Waals surface area contributed by atoms with E-state index in [2.05, 4.69) is 13.7 Å². The van der Waals surface area contributed by atoms with E-state index in [-0.39, 0.29) is 12.1 Å². The highest BCUT2D eigenvalue weighted by molar-refractivity contribution is 7.88. The van der Waals surface area contributed by atoms with E-state index in [0.29, 0.717) is 6.08 Å². The van der Waals surface area contributed by atoms with E-state index in [1.165, 1.54) is 0 Å². The van der Waals surface area contributed by atoms with Gasteiger partial charge in [0.25, 0.3) is 0 Å². The number of nitrogens with one attached hydrogen (secondary N) is 1. The number of hydrogen-bond acceptors (Lipinski definition) is 8. The van der Waals surface area contributed by atoms with Crippen LogP contribution in [-0.4, -0.2) is 40.1 Å². The molecule has 0 heterocycles.